The predicted molar refractivity (Wildman–Crippen MR) is 79.3 cm³/mol. The Bertz CT molecular complexity index is 1130. The minimum absolute atomic E-state index is 0.0387. The van der Waals surface area contributed by atoms with Gasteiger partial charge in [-0.1, -0.05) is 12.1 Å². The van der Waals surface area contributed by atoms with E-state index in [1.54, 1.807) is 24.3 Å². The molecule has 0 amide bonds. The monoisotopic (exact) mass is 331 g/mol. The van der Waals surface area contributed by atoms with E-state index in [1.165, 1.54) is 6.20 Å². The van der Waals surface area contributed by atoms with Crippen LogP contribution in [0.4, 0.5) is 13.2 Å². The van der Waals surface area contributed by atoms with Crippen molar-refractivity contribution >= 4 is 16.6 Å². The largest absolute Gasteiger partial charge is 0.433 e. The topological polar surface area (TPSA) is 75.9 Å². The Morgan fingerprint density at radius 1 is 1.12 bits per heavy atom. The van der Waals surface area contributed by atoms with Crippen LogP contribution in [0.5, 0.6) is 0 Å². The summed E-state index contributed by atoms with van der Waals surface area (Å²) in [5.41, 5.74) is -0.737. The van der Waals surface area contributed by atoms with Gasteiger partial charge in [0, 0.05) is 6.20 Å². The van der Waals surface area contributed by atoms with E-state index in [-0.39, 0.29) is 22.6 Å². The van der Waals surface area contributed by atoms with Gasteiger partial charge in [0.25, 0.3) is 5.56 Å². The molecule has 0 spiro atoms. The lowest BCUT2D eigenvalue weighted by atomic mass is 10.2. The number of para-hydroxylation sites is 1. The van der Waals surface area contributed by atoms with Gasteiger partial charge in [0.2, 0.25) is 0 Å². The second-order valence-electron chi connectivity index (χ2n) is 5.05. The van der Waals surface area contributed by atoms with E-state index in [0.29, 0.717) is 15.4 Å². The lowest BCUT2D eigenvalue weighted by Crippen LogP contribution is -2.13. The highest BCUT2D eigenvalue weighted by Crippen LogP contribution is 2.30. The lowest BCUT2D eigenvalue weighted by molar-refractivity contribution is -0.142. The first-order valence-corrected chi connectivity index (χ1v) is 6.84. The number of aromatic nitrogens is 5. The normalized spacial score (nSPS) is 12.1. The standard InChI is InChI=1S/C15H8F3N5O/c16-15(17,18)11-5-6-19-13-9(7-20-23(11)13)12-21-10-4-2-1-3-8(10)14(24)22-12/h1-7H,(H,21,22,24). The van der Waals surface area contributed by atoms with Gasteiger partial charge < -0.3 is 4.98 Å². The molecule has 0 radical (unpaired) electrons. The first-order chi connectivity index (χ1) is 11.4. The molecule has 0 aliphatic heterocycles. The van der Waals surface area contributed by atoms with E-state index in [2.05, 4.69) is 20.1 Å². The summed E-state index contributed by atoms with van der Waals surface area (Å²) < 4.78 is 39.8. The van der Waals surface area contributed by atoms with Crippen LogP contribution in [-0.2, 0) is 6.18 Å². The van der Waals surface area contributed by atoms with Crippen LogP contribution >= 0.6 is 0 Å². The van der Waals surface area contributed by atoms with Crippen molar-refractivity contribution in [3.63, 3.8) is 0 Å². The molecule has 0 saturated carbocycles. The fourth-order valence-corrected chi connectivity index (χ4v) is 2.49. The van der Waals surface area contributed by atoms with Crippen LogP contribution in [-0.4, -0.2) is 24.6 Å². The third kappa shape index (κ3) is 2.13. The summed E-state index contributed by atoms with van der Waals surface area (Å²) in [4.78, 5) is 22.9. The molecule has 120 valence electrons. The number of benzene rings is 1. The first kappa shape index (κ1) is 14.4. The van der Waals surface area contributed by atoms with Crippen LogP contribution in [0.2, 0.25) is 0 Å². The van der Waals surface area contributed by atoms with Gasteiger partial charge in [-0.25, -0.2) is 14.5 Å². The quantitative estimate of drug-likeness (QED) is 0.582. The van der Waals surface area contributed by atoms with Crippen LogP contribution in [0.3, 0.4) is 0 Å². The van der Waals surface area contributed by atoms with Gasteiger partial charge in [-0.2, -0.15) is 18.3 Å². The molecule has 6 nitrogen and oxygen atoms in total. The number of nitrogens with one attached hydrogen (secondary N) is 1. The van der Waals surface area contributed by atoms with E-state index in [4.69, 9.17) is 0 Å². The van der Waals surface area contributed by atoms with E-state index < -0.39 is 11.9 Å². The third-order valence-electron chi connectivity index (χ3n) is 3.56. The molecule has 4 rings (SSSR count). The van der Waals surface area contributed by atoms with Crippen molar-refractivity contribution in [3.05, 3.63) is 58.8 Å². The van der Waals surface area contributed by atoms with Crippen LogP contribution in [0.15, 0.2) is 47.5 Å². The highest BCUT2D eigenvalue weighted by atomic mass is 19.4. The number of alkyl halides is 3. The van der Waals surface area contributed by atoms with Crippen molar-refractivity contribution in [2.45, 2.75) is 6.18 Å². The third-order valence-corrected chi connectivity index (χ3v) is 3.56. The van der Waals surface area contributed by atoms with Crippen molar-refractivity contribution in [1.29, 1.82) is 0 Å². The molecule has 0 unspecified atom stereocenters. The van der Waals surface area contributed by atoms with Crippen molar-refractivity contribution in [1.82, 2.24) is 24.6 Å². The molecule has 0 atom stereocenters. The Morgan fingerprint density at radius 2 is 1.92 bits per heavy atom. The zero-order valence-corrected chi connectivity index (χ0v) is 11.9. The predicted octanol–water partition coefficient (Wildman–Crippen LogP) is 2.65. The maximum absolute atomic E-state index is 13.0. The molecule has 0 bridgehead atoms. The van der Waals surface area contributed by atoms with Gasteiger partial charge in [-0.15, -0.1) is 0 Å². The minimum Gasteiger partial charge on any atom is -0.306 e. The summed E-state index contributed by atoms with van der Waals surface area (Å²) in [5.74, 6) is 0.112. The molecule has 0 fully saturated rings. The second-order valence-corrected chi connectivity index (χ2v) is 5.05. The molecule has 1 N–H and O–H groups in total. The molecular weight excluding hydrogens is 323 g/mol. The van der Waals surface area contributed by atoms with Crippen LogP contribution < -0.4 is 5.56 Å². The molecule has 0 aliphatic carbocycles. The molecular formula is C15H8F3N5O. The molecule has 4 aromatic rings. The molecule has 1 aromatic carbocycles. The molecule has 9 heteroatoms. The summed E-state index contributed by atoms with van der Waals surface area (Å²) in [6, 6.07) is 7.51. The number of hydrogen-bond donors (Lipinski definition) is 1. The van der Waals surface area contributed by atoms with Crippen molar-refractivity contribution < 1.29 is 13.2 Å². The lowest BCUT2D eigenvalue weighted by Gasteiger charge is -2.08. The van der Waals surface area contributed by atoms with E-state index >= 15 is 0 Å². The summed E-state index contributed by atoms with van der Waals surface area (Å²) in [7, 11) is 0. The number of halogens is 3. The number of nitrogens with zero attached hydrogens (tertiary/aromatic N) is 4. The number of rotatable bonds is 1. The van der Waals surface area contributed by atoms with E-state index in [1.807, 2.05) is 0 Å². The number of H-pyrrole nitrogens is 1. The highest BCUT2D eigenvalue weighted by Gasteiger charge is 2.34. The van der Waals surface area contributed by atoms with Gasteiger partial charge in [-0.3, -0.25) is 4.79 Å². The average Bonchev–Trinajstić information content (AvgIpc) is 2.97. The van der Waals surface area contributed by atoms with Crippen LogP contribution in [0.25, 0.3) is 27.9 Å². The second kappa shape index (κ2) is 4.88. The summed E-state index contributed by atoms with van der Waals surface area (Å²) >= 11 is 0. The van der Waals surface area contributed by atoms with Gasteiger partial charge in [-0.05, 0) is 18.2 Å². The number of aromatic amines is 1. The zero-order valence-electron chi connectivity index (χ0n) is 11.9. The molecule has 3 aromatic heterocycles. The van der Waals surface area contributed by atoms with Gasteiger partial charge in [0.05, 0.1) is 22.7 Å². The van der Waals surface area contributed by atoms with Crippen molar-refractivity contribution in [3.8, 4) is 11.4 Å². The first-order valence-electron chi connectivity index (χ1n) is 6.84. The maximum Gasteiger partial charge on any atom is 0.433 e. The fraction of sp³-hybridized carbons (Fsp3) is 0.0667. The Labute approximate surface area is 131 Å². The summed E-state index contributed by atoms with van der Waals surface area (Å²) in [5, 5.41) is 4.13. The Morgan fingerprint density at radius 3 is 2.71 bits per heavy atom. The minimum atomic E-state index is -4.57. The Hall–Kier alpha value is -3.23. The van der Waals surface area contributed by atoms with Gasteiger partial charge in [0.1, 0.15) is 11.5 Å². The summed E-state index contributed by atoms with van der Waals surface area (Å²) in [6.45, 7) is 0. The van der Waals surface area contributed by atoms with E-state index in [0.717, 1.165) is 12.3 Å². The van der Waals surface area contributed by atoms with Crippen LogP contribution in [0, 0.1) is 0 Å². The Balaban J connectivity index is 2.00. The SMILES string of the molecule is O=c1[nH]c(-c2cnn3c(C(F)(F)F)ccnc23)nc2ccccc12. The molecule has 0 saturated heterocycles. The zero-order chi connectivity index (χ0) is 16.9. The number of hydrogen-bond acceptors (Lipinski definition) is 4. The highest BCUT2D eigenvalue weighted by molar-refractivity contribution is 5.81. The summed E-state index contributed by atoms with van der Waals surface area (Å²) in [6.07, 6.45) is -2.33. The van der Waals surface area contributed by atoms with Crippen molar-refractivity contribution in [2.24, 2.45) is 0 Å². The maximum atomic E-state index is 13.0. The molecule has 24 heavy (non-hydrogen) atoms. The smallest absolute Gasteiger partial charge is 0.306 e. The van der Waals surface area contributed by atoms with Gasteiger partial charge in [0.15, 0.2) is 5.65 Å². The molecule has 3 heterocycles. The average molecular weight is 331 g/mol. The van der Waals surface area contributed by atoms with Crippen LogP contribution in [0.1, 0.15) is 5.69 Å². The van der Waals surface area contributed by atoms with Crippen molar-refractivity contribution in [2.75, 3.05) is 0 Å². The Kier molecular flexibility index (Phi) is 2.92. The molecule has 0 aliphatic rings. The van der Waals surface area contributed by atoms with Gasteiger partial charge >= 0.3 is 6.18 Å². The van der Waals surface area contributed by atoms with E-state index in [9.17, 15) is 18.0 Å². The fourth-order valence-electron chi connectivity index (χ4n) is 2.49. The number of fused-ring (bicyclic) bond motifs is 2.